The van der Waals surface area contributed by atoms with E-state index in [0.29, 0.717) is 10.6 Å². The van der Waals surface area contributed by atoms with Crippen LogP contribution in [0.25, 0.3) is 0 Å². The zero-order valence-electron chi connectivity index (χ0n) is 11.5. The summed E-state index contributed by atoms with van der Waals surface area (Å²) in [6.45, 7) is -0.251. The third-order valence-corrected chi connectivity index (χ3v) is 6.58. The maximum absolute atomic E-state index is 13.4. The van der Waals surface area contributed by atoms with Crippen LogP contribution < -0.4 is 0 Å². The van der Waals surface area contributed by atoms with Gasteiger partial charge in [0.25, 0.3) is 0 Å². The molecule has 0 saturated heterocycles. The Balaban J connectivity index is 1.95. The zero-order valence-corrected chi connectivity index (χ0v) is 13.1. The Morgan fingerprint density at radius 3 is 2.41 bits per heavy atom. The summed E-state index contributed by atoms with van der Waals surface area (Å²) in [5.41, 5.74) is 0.599. The molecule has 3 nitrogen and oxygen atoms in total. The lowest BCUT2D eigenvalue weighted by Gasteiger charge is -2.04. The number of benzene rings is 2. The molecule has 0 aromatic heterocycles. The van der Waals surface area contributed by atoms with Gasteiger partial charge in [0.2, 0.25) is 0 Å². The van der Waals surface area contributed by atoms with Crippen molar-refractivity contribution >= 4 is 21.4 Å². The number of halogens is 2. The summed E-state index contributed by atoms with van der Waals surface area (Å²) in [5.74, 6) is -1.22. The highest BCUT2D eigenvalue weighted by Crippen LogP contribution is 2.53. The van der Waals surface area contributed by atoms with Crippen molar-refractivity contribution in [3.05, 3.63) is 64.9 Å². The molecular formula is C16H14ClFO3S. The number of aliphatic hydroxyl groups is 1. The van der Waals surface area contributed by atoms with Crippen LogP contribution in [0.5, 0.6) is 0 Å². The second-order valence-electron chi connectivity index (χ2n) is 5.39. The minimum Gasteiger partial charge on any atom is -0.396 e. The van der Waals surface area contributed by atoms with E-state index in [2.05, 4.69) is 0 Å². The predicted molar refractivity (Wildman–Crippen MR) is 82.1 cm³/mol. The van der Waals surface area contributed by atoms with Crippen LogP contribution in [0.15, 0.2) is 53.4 Å². The third kappa shape index (κ3) is 2.64. The quantitative estimate of drug-likeness (QED) is 0.930. The average molecular weight is 341 g/mol. The summed E-state index contributed by atoms with van der Waals surface area (Å²) in [6, 6.07) is 11.8. The van der Waals surface area contributed by atoms with Crippen molar-refractivity contribution in [3.8, 4) is 0 Å². The van der Waals surface area contributed by atoms with Gasteiger partial charge in [-0.05, 0) is 42.0 Å². The summed E-state index contributed by atoms with van der Waals surface area (Å²) < 4.78 is 38.7. The van der Waals surface area contributed by atoms with Crippen molar-refractivity contribution in [1.82, 2.24) is 0 Å². The molecule has 1 fully saturated rings. The lowest BCUT2D eigenvalue weighted by atomic mass is 10.1. The normalized spacial score (nSPS) is 24.2. The van der Waals surface area contributed by atoms with Crippen molar-refractivity contribution in [2.75, 3.05) is 6.61 Å². The van der Waals surface area contributed by atoms with Crippen molar-refractivity contribution in [2.24, 2.45) is 5.92 Å². The third-order valence-electron chi connectivity index (χ3n) is 4.04. The van der Waals surface area contributed by atoms with Gasteiger partial charge in [0.15, 0.2) is 9.84 Å². The molecule has 1 aliphatic rings. The van der Waals surface area contributed by atoms with Gasteiger partial charge >= 0.3 is 0 Å². The lowest BCUT2D eigenvalue weighted by molar-refractivity contribution is 0.274. The first-order valence-corrected chi connectivity index (χ1v) is 8.73. The molecular weight excluding hydrogens is 327 g/mol. The number of hydrogen-bond acceptors (Lipinski definition) is 3. The van der Waals surface area contributed by atoms with Crippen molar-refractivity contribution in [1.29, 1.82) is 0 Å². The first-order valence-electron chi connectivity index (χ1n) is 6.81. The SMILES string of the molecule is O=S(=O)(c1ccc(Cl)cc1)[C@@H]1[C@@H](CO)[C@H]1c1cccc(F)c1. The molecule has 22 heavy (non-hydrogen) atoms. The molecule has 0 radical (unpaired) electrons. The van der Waals surface area contributed by atoms with E-state index in [1.54, 1.807) is 12.1 Å². The Hall–Kier alpha value is -1.43. The molecule has 0 aliphatic heterocycles. The number of rotatable bonds is 4. The predicted octanol–water partition coefficient (Wildman–Crippen LogP) is 3.03. The van der Waals surface area contributed by atoms with Crippen molar-refractivity contribution in [3.63, 3.8) is 0 Å². The Bertz CT molecular complexity index is 789. The van der Waals surface area contributed by atoms with Crippen LogP contribution in [0.3, 0.4) is 0 Å². The van der Waals surface area contributed by atoms with E-state index in [1.165, 1.54) is 36.4 Å². The molecule has 0 unspecified atom stereocenters. The van der Waals surface area contributed by atoms with E-state index in [1.807, 2.05) is 0 Å². The molecule has 6 heteroatoms. The monoisotopic (exact) mass is 340 g/mol. The summed E-state index contributed by atoms with van der Waals surface area (Å²) in [6.07, 6.45) is 0. The van der Waals surface area contributed by atoms with Crippen LogP contribution in [-0.2, 0) is 9.84 Å². The molecule has 1 N–H and O–H groups in total. The first kappa shape index (κ1) is 15.5. The van der Waals surface area contributed by atoms with Crippen LogP contribution in [0, 0.1) is 11.7 Å². The fraction of sp³-hybridized carbons (Fsp3) is 0.250. The van der Waals surface area contributed by atoms with E-state index in [4.69, 9.17) is 11.6 Å². The highest BCUT2D eigenvalue weighted by molar-refractivity contribution is 7.92. The van der Waals surface area contributed by atoms with Crippen LogP contribution in [-0.4, -0.2) is 25.4 Å². The summed E-state index contributed by atoms with van der Waals surface area (Å²) in [7, 11) is -3.60. The van der Waals surface area contributed by atoms with E-state index in [0.717, 1.165) is 0 Å². The van der Waals surface area contributed by atoms with E-state index < -0.39 is 26.8 Å². The Morgan fingerprint density at radius 2 is 1.82 bits per heavy atom. The minimum atomic E-state index is -3.60. The number of sulfone groups is 1. The summed E-state index contributed by atoms with van der Waals surface area (Å²) in [4.78, 5) is 0.166. The maximum Gasteiger partial charge on any atom is 0.182 e. The molecule has 0 heterocycles. The van der Waals surface area contributed by atoms with E-state index in [9.17, 15) is 17.9 Å². The largest absolute Gasteiger partial charge is 0.396 e. The van der Waals surface area contributed by atoms with Crippen molar-refractivity contribution < 1.29 is 17.9 Å². The van der Waals surface area contributed by atoms with Gasteiger partial charge in [-0.15, -0.1) is 0 Å². The van der Waals surface area contributed by atoms with E-state index in [-0.39, 0.29) is 17.4 Å². The average Bonchev–Trinajstić information content (AvgIpc) is 3.23. The second kappa shape index (κ2) is 5.65. The van der Waals surface area contributed by atoms with Gasteiger partial charge in [0.1, 0.15) is 5.82 Å². The smallest absolute Gasteiger partial charge is 0.182 e. The molecule has 0 amide bonds. The summed E-state index contributed by atoms with van der Waals surface area (Å²) >= 11 is 5.78. The van der Waals surface area contributed by atoms with E-state index >= 15 is 0 Å². The fourth-order valence-corrected chi connectivity index (χ4v) is 5.24. The maximum atomic E-state index is 13.4. The first-order chi connectivity index (χ1) is 10.4. The van der Waals surface area contributed by atoms with Gasteiger partial charge < -0.3 is 5.11 Å². The van der Waals surface area contributed by atoms with Gasteiger partial charge in [0, 0.05) is 23.5 Å². The summed E-state index contributed by atoms with van der Waals surface area (Å²) in [5, 5.41) is 9.17. The minimum absolute atomic E-state index is 0.166. The van der Waals surface area contributed by atoms with Gasteiger partial charge in [-0.1, -0.05) is 23.7 Å². The number of hydrogen-bond donors (Lipinski definition) is 1. The van der Waals surface area contributed by atoms with Gasteiger partial charge in [-0.3, -0.25) is 0 Å². The number of aliphatic hydroxyl groups excluding tert-OH is 1. The molecule has 3 atom stereocenters. The molecule has 2 aromatic rings. The molecule has 116 valence electrons. The fourth-order valence-electron chi connectivity index (χ4n) is 2.92. The highest BCUT2D eigenvalue weighted by atomic mass is 35.5. The van der Waals surface area contributed by atoms with Gasteiger partial charge in [0.05, 0.1) is 10.1 Å². The highest BCUT2D eigenvalue weighted by Gasteiger charge is 2.58. The molecule has 1 saturated carbocycles. The second-order valence-corrected chi connectivity index (χ2v) is 7.93. The Labute approximate surface area is 133 Å². The molecule has 2 aromatic carbocycles. The molecule has 1 aliphatic carbocycles. The zero-order chi connectivity index (χ0) is 15.9. The van der Waals surface area contributed by atoms with Crippen LogP contribution in [0.4, 0.5) is 4.39 Å². The van der Waals surface area contributed by atoms with Gasteiger partial charge in [-0.25, -0.2) is 12.8 Å². The standard InChI is InChI=1S/C16H14ClFO3S/c17-11-4-6-13(7-5-11)22(20,21)16-14(9-19)15(16)10-2-1-3-12(18)8-10/h1-8,14-16,19H,9H2/t14-,15+,16+/m0/s1. The van der Waals surface area contributed by atoms with Crippen LogP contribution in [0.2, 0.25) is 5.02 Å². The van der Waals surface area contributed by atoms with Gasteiger partial charge in [-0.2, -0.15) is 0 Å². The molecule has 0 bridgehead atoms. The Morgan fingerprint density at radius 1 is 1.14 bits per heavy atom. The van der Waals surface area contributed by atoms with Crippen LogP contribution in [0.1, 0.15) is 11.5 Å². The Kier molecular flexibility index (Phi) is 3.97. The molecule has 0 spiro atoms. The lowest BCUT2D eigenvalue weighted by Crippen LogP contribution is -2.11. The van der Waals surface area contributed by atoms with Crippen LogP contribution >= 0.6 is 11.6 Å². The molecule has 3 rings (SSSR count). The van der Waals surface area contributed by atoms with Crippen molar-refractivity contribution in [2.45, 2.75) is 16.1 Å². The topological polar surface area (TPSA) is 54.4 Å².